The minimum atomic E-state index is 0.483. The van der Waals surface area contributed by atoms with Crippen molar-refractivity contribution in [2.75, 3.05) is 0 Å². The van der Waals surface area contributed by atoms with Crippen LogP contribution in [0.15, 0.2) is 42.6 Å². The average molecular weight is 234 g/mol. The number of hydrogen-bond donors (Lipinski definition) is 0. The van der Waals surface area contributed by atoms with Crippen molar-refractivity contribution in [3.63, 3.8) is 0 Å². The first-order valence-corrected chi connectivity index (χ1v) is 5.42. The van der Waals surface area contributed by atoms with Crippen LogP contribution in [0.5, 0.6) is 5.88 Å². The number of aryl methyl sites for hydroxylation is 1. The zero-order chi connectivity index (χ0) is 11.4. The Morgan fingerprint density at radius 3 is 2.81 bits per heavy atom. The van der Waals surface area contributed by atoms with E-state index in [9.17, 15) is 0 Å². The highest BCUT2D eigenvalue weighted by molar-refractivity contribution is 6.30. The zero-order valence-electron chi connectivity index (χ0n) is 8.98. The van der Waals surface area contributed by atoms with E-state index in [-0.39, 0.29) is 0 Å². The normalized spacial score (nSPS) is 10.1. The van der Waals surface area contributed by atoms with Crippen molar-refractivity contribution in [1.82, 2.24) is 4.98 Å². The second-order valence-corrected chi connectivity index (χ2v) is 4.03. The van der Waals surface area contributed by atoms with E-state index >= 15 is 0 Å². The lowest BCUT2D eigenvalue weighted by molar-refractivity contribution is 0.294. The molecular formula is C13H12ClNO. The Labute approximate surface area is 99.9 Å². The van der Waals surface area contributed by atoms with Crippen LogP contribution in [0, 0.1) is 6.92 Å². The fourth-order valence-corrected chi connectivity index (χ4v) is 1.54. The number of benzene rings is 1. The molecule has 0 unspecified atom stereocenters. The molecule has 0 aliphatic rings. The third kappa shape index (κ3) is 2.97. The molecular weight excluding hydrogens is 222 g/mol. The molecule has 1 aromatic carbocycles. The monoisotopic (exact) mass is 233 g/mol. The van der Waals surface area contributed by atoms with Gasteiger partial charge in [-0.15, -0.1) is 0 Å². The topological polar surface area (TPSA) is 22.1 Å². The van der Waals surface area contributed by atoms with Gasteiger partial charge in [-0.25, -0.2) is 4.98 Å². The molecule has 0 aliphatic heterocycles. The van der Waals surface area contributed by atoms with Crippen LogP contribution in [0.3, 0.4) is 0 Å². The first kappa shape index (κ1) is 11.0. The van der Waals surface area contributed by atoms with Crippen LogP contribution in [0.2, 0.25) is 5.02 Å². The van der Waals surface area contributed by atoms with Gasteiger partial charge in [0.25, 0.3) is 0 Å². The van der Waals surface area contributed by atoms with Gasteiger partial charge in [0, 0.05) is 17.3 Å². The van der Waals surface area contributed by atoms with E-state index in [4.69, 9.17) is 16.3 Å². The second kappa shape index (κ2) is 4.99. The summed E-state index contributed by atoms with van der Waals surface area (Å²) in [6, 6.07) is 11.4. The summed E-state index contributed by atoms with van der Waals surface area (Å²) in [5.41, 5.74) is 2.16. The molecule has 3 heteroatoms. The Hall–Kier alpha value is -1.54. The number of hydrogen-bond acceptors (Lipinski definition) is 2. The fraction of sp³-hybridized carbons (Fsp3) is 0.154. The molecule has 2 rings (SSSR count). The summed E-state index contributed by atoms with van der Waals surface area (Å²) in [5, 5.41) is 0.720. The first-order valence-electron chi connectivity index (χ1n) is 5.04. The Balaban J connectivity index is 1.99. The number of aromatic nitrogens is 1. The van der Waals surface area contributed by atoms with Gasteiger partial charge in [0.05, 0.1) is 0 Å². The molecule has 0 fully saturated rings. The van der Waals surface area contributed by atoms with Crippen molar-refractivity contribution >= 4 is 11.6 Å². The number of rotatable bonds is 3. The SMILES string of the molecule is Cc1ccc(OCc2cccc(Cl)c2)nc1. The van der Waals surface area contributed by atoms with Crippen molar-refractivity contribution in [2.45, 2.75) is 13.5 Å². The molecule has 2 nitrogen and oxygen atoms in total. The van der Waals surface area contributed by atoms with Gasteiger partial charge in [-0.1, -0.05) is 29.8 Å². The van der Waals surface area contributed by atoms with E-state index in [2.05, 4.69) is 4.98 Å². The molecule has 0 radical (unpaired) electrons. The Morgan fingerprint density at radius 2 is 2.12 bits per heavy atom. The van der Waals surface area contributed by atoms with Gasteiger partial charge in [0.2, 0.25) is 5.88 Å². The molecule has 16 heavy (non-hydrogen) atoms. The van der Waals surface area contributed by atoms with Gasteiger partial charge in [0.1, 0.15) is 6.61 Å². The zero-order valence-corrected chi connectivity index (χ0v) is 9.74. The molecule has 1 aromatic heterocycles. The Kier molecular flexibility index (Phi) is 3.42. The number of ether oxygens (including phenoxy) is 1. The summed E-state index contributed by atoms with van der Waals surface area (Å²) in [4.78, 5) is 4.16. The predicted octanol–water partition coefficient (Wildman–Crippen LogP) is 3.62. The molecule has 0 saturated heterocycles. The number of halogens is 1. The molecule has 0 atom stereocenters. The van der Waals surface area contributed by atoms with E-state index in [0.29, 0.717) is 12.5 Å². The third-order valence-corrected chi connectivity index (χ3v) is 2.40. The average Bonchev–Trinajstić information content (AvgIpc) is 2.28. The summed E-state index contributed by atoms with van der Waals surface area (Å²) >= 11 is 5.88. The standard InChI is InChI=1S/C13H12ClNO/c1-10-5-6-13(15-8-10)16-9-11-3-2-4-12(14)7-11/h2-8H,9H2,1H3. The molecule has 0 aliphatic carbocycles. The second-order valence-electron chi connectivity index (χ2n) is 3.59. The van der Waals surface area contributed by atoms with E-state index in [1.54, 1.807) is 6.20 Å². The fourth-order valence-electron chi connectivity index (χ4n) is 1.32. The maximum Gasteiger partial charge on any atom is 0.213 e. The summed E-state index contributed by atoms with van der Waals surface area (Å²) in [6.07, 6.45) is 1.79. The molecule has 0 bridgehead atoms. The summed E-state index contributed by atoms with van der Waals surface area (Å²) in [5.74, 6) is 0.630. The van der Waals surface area contributed by atoms with Gasteiger partial charge < -0.3 is 4.74 Å². The van der Waals surface area contributed by atoms with Crippen molar-refractivity contribution in [1.29, 1.82) is 0 Å². The maximum absolute atomic E-state index is 5.88. The minimum absolute atomic E-state index is 0.483. The van der Waals surface area contributed by atoms with Gasteiger partial charge in [-0.2, -0.15) is 0 Å². The van der Waals surface area contributed by atoms with Gasteiger partial charge >= 0.3 is 0 Å². The van der Waals surface area contributed by atoms with Crippen LogP contribution in [0.4, 0.5) is 0 Å². The lowest BCUT2D eigenvalue weighted by atomic mass is 10.2. The molecule has 0 N–H and O–H groups in total. The van der Waals surface area contributed by atoms with E-state index < -0.39 is 0 Å². The highest BCUT2D eigenvalue weighted by atomic mass is 35.5. The van der Waals surface area contributed by atoms with Gasteiger partial charge in [0.15, 0.2) is 0 Å². The molecule has 0 amide bonds. The van der Waals surface area contributed by atoms with Crippen LogP contribution >= 0.6 is 11.6 Å². The van der Waals surface area contributed by atoms with Crippen molar-refractivity contribution < 1.29 is 4.74 Å². The predicted molar refractivity (Wildman–Crippen MR) is 64.8 cm³/mol. The van der Waals surface area contributed by atoms with Crippen molar-refractivity contribution in [2.24, 2.45) is 0 Å². The van der Waals surface area contributed by atoms with E-state index in [0.717, 1.165) is 16.1 Å². The van der Waals surface area contributed by atoms with E-state index in [1.807, 2.05) is 43.3 Å². The maximum atomic E-state index is 5.88. The van der Waals surface area contributed by atoms with Crippen molar-refractivity contribution in [3.05, 3.63) is 58.7 Å². The number of pyridine rings is 1. The largest absolute Gasteiger partial charge is 0.473 e. The van der Waals surface area contributed by atoms with Crippen molar-refractivity contribution in [3.8, 4) is 5.88 Å². The van der Waals surface area contributed by atoms with Crippen LogP contribution in [0.1, 0.15) is 11.1 Å². The molecule has 0 spiro atoms. The first-order chi connectivity index (χ1) is 7.74. The van der Waals surface area contributed by atoms with Gasteiger partial charge in [-0.3, -0.25) is 0 Å². The van der Waals surface area contributed by atoms with Gasteiger partial charge in [-0.05, 0) is 30.2 Å². The lowest BCUT2D eigenvalue weighted by Crippen LogP contribution is -1.96. The van der Waals surface area contributed by atoms with E-state index in [1.165, 1.54) is 0 Å². The molecule has 0 saturated carbocycles. The summed E-state index contributed by atoms with van der Waals surface area (Å²) in [6.45, 7) is 2.48. The quantitative estimate of drug-likeness (QED) is 0.808. The highest BCUT2D eigenvalue weighted by Crippen LogP contribution is 2.13. The Morgan fingerprint density at radius 1 is 1.25 bits per heavy atom. The van der Waals surface area contributed by atoms with Crippen LogP contribution in [-0.2, 0) is 6.61 Å². The Bertz CT molecular complexity index is 468. The number of nitrogens with zero attached hydrogens (tertiary/aromatic N) is 1. The molecule has 2 aromatic rings. The third-order valence-electron chi connectivity index (χ3n) is 2.16. The van der Waals surface area contributed by atoms with Crippen LogP contribution in [0.25, 0.3) is 0 Å². The lowest BCUT2D eigenvalue weighted by Gasteiger charge is -2.05. The van der Waals surface area contributed by atoms with Crippen LogP contribution in [-0.4, -0.2) is 4.98 Å². The highest BCUT2D eigenvalue weighted by Gasteiger charge is 1.97. The van der Waals surface area contributed by atoms with Crippen LogP contribution < -0.4 is 4.74 Å². The molecule has 82 valence electrons. The minimum Gasteiger partial charge on any atom is -0.473 e. The molecule has 1 heterocycles. The smallest absolute Gasteiger partial charge is 0.213 e. The summed E-state index contributed by atoms with van der Waals surface area (Å²) in [7, 11) is 0. The summed E-state index contributed by atoms with van der Waals surface area (Å²) < 4.78 is 5.53.